The van der Waals surface area contributed by atoms with Crippen molar-refractivity contribution >= 4 is 88.7 Å². The first-order valence-corrected chi connectivity index (χ1v) is 13.6. The molecule has 0 saturated heterocycles. The number of allylic oxidation sites excluding steroid dienone is 1. The predicted molar refractivity (Wildman–Crippen MR) is 159 cm³/mol. The van der Waals surface area contributed by atoms with E-state index in [1.165, 1.54) is 0 Å². The maximum atomic E-state index is 14.3. The van der Waals surface area contributed by atoms with Crippen LogP contribution in [0.3, 0.4) is 0 Å². The van der Waals surface area contributed by atoms with Gasteiger partial charge in [-0.2, -0.15) is 0 Å². The molecule has 0 radical (unpaired) electrons. The molecule has 3 aliphatic rings. The van der Waals surface area contributed by atoms with Gasteiger partial charge in [0.2, 0.25) is 0 Å². The number of imide groups is 1. The van der Waals surface area contributed by atoms with Crippen LogP contribution in [0, 0.1) is 0 Å². The third-order valence-corrected chi connectivity index (χ3v) is 9.55. The van der Waals surface area contributed by atoms with Gasteiger partial charge in [0.05, 0.1) is 11.0 Å². The van der Waals surface area contributed by atoms with Gasteiger partial charge < -0.3 is 0 Å². The molecule has 0 atom stereocenters. The van der Waals surface area contributed by atoms with Crippen molar-refractivity contribution in [2.24, 2.45) is 0 Å². The highest BCUT2D eigenvalue weighted by Gasteiger charge is 2.35. The predicted octanol–water partition coefficient (Wildman–Crippen LogP) is 6.82. The average Bonchev–Trinajstić information content (AvgIpc) is 3.22. The van der Waals surface area contributed by atoms with Crippen LogP contribution in [0.5, 0.6) is 0 Å². The van der Waals surface area contributed by atoms with Crippen molar-refractivity contribution in [2.75, 3.05) is 0 Å². The molecule has 0 fully saturated rings. The summed E-state index contributed by atoms with van der Waals surface area (Å²) in [5.74, 6) is -0.126. The van der Waals surface area contributed by atoms with Crippen LogP contribution < -0.4 is 5.32 Å². The van der Waals surface area contributed by atoms with E-state index in [2.05, 4.69) is 29.6 Å². The Balaban J connectivity index is 1.49. The Morgan fingerprint density at radius 2 is 1.32 bits per heavy atom. The standard InChI is InChI=1S/C35H15N3O3/c39-33-21-11-16-6-5-14-9-18-13-19-20(32-36-23-3-1-2-4-24(23)38(32)35(18)41)10-15-7-8-17-12-22(34(40)37-33)29(21)31-27(16)25(14)30(19)26(15)28(17)31/h1-12H,13H2,(H,37,39,40). The van der Waals surface area contributed by atoms with Crippen LogP contribution in [0.1, 0.15) is 36.6 Å². The van der Waals surface area contributed by atoms with Crippen LogP contribution in [-0.4, -0.2) is 27.3 Å². The fourth-order valence-corrected chi connectivity index (χ4v) is 7.98. The normalized spacial score (nSPS) is 15.7. The monoisotopic (exact) mass is 525 g/mol. The minimum atomic E-state index is -0.367. The van der Waals surface area contributed by atoms with E-state index in [1.54, 1.807) is 4.57 Å². The fraction of sp³-hybridized carbons (Fsp3) is 0.0286. The van der Waals surface area contributed by atoms with Crippen molar-refractivity contribution in [3.8, 4) is 11.4 Å². The molecule has 11 rings (SSSR count). The number of carbonyl (C=O) groups is 3. The van der Waals surface area contributed by atoms with E-state index < -0.39 is 0 Å². The van der Waals surface area contributed by atoms with Crippen LogP contribution in [0.4, 0.5) is 0 Å². The van der Waals surface area contributed by atoms with Gasteiger partial charge in [-0.1, -0.05) is 36.4 Å². The van der Waals surface area contributed by atoms with E-state index in [-0.39, 0.29) is 17.7 Å². The quantitative estimate of drug-likeness (QED) is 0.134. The number of rotatable bonds is 0. The molecule has 7 aromatic carbocycles. The minimum absolute atomic E-state index is 0.0609. The number of fused-ring (bicyclic) bond motifs is 5. The van der Waals surface area contributed by atoms with Crippen molar-refractivity contribution in [1.29, 1.82) is 0 Å². The minimum Gasteiger partial charge on any atom is -0.288 e. The average molecular weight is 526 g/mol. The van der Waals surface area contributed by atoms with Gasteiger partial charge in [-0.25, -0.2) is 4.98 Å². The molecule has 1 aliphatic carbocycles. The maximum absolute atomic E-state index is 14.3. The number of benzene rings is 7. The van der Waals surface area contributed by atoms with Crippen LogP contribution >= 0.6 is 0 Å². The molecule has 2 bridgehead atoms. The zero-order valence-electron chi connectivity index (χ0n) is 21.3. The third-order valence-electron chi connectivity index (χ3n) is 9.55. The Labute approximate surface area is 230 Å². The lowest BCUT2D eigenvalue weighted by molar-refractivity contribution is 0.0844. The molecule has 41 heavy (non-hydrogen) atoms. The molecule has 2 amide bonds. The Morgan fingerprint density at radius 3 is 2.10 bits per heavy atom. The number of para-hydroxylation sites is 2. The number of amides is 2. The summed E-state index contributed by atoms with van der Waals surface area (Å²) in [5, 5.41) is 12.6. The van der Waals surface area contributed by atoms with Crippen LogP contribution in [0.2, 0.25) is 0 Å². The van der Waals surface area contributed by atoms with Crippen LogP contribution in [0.25, 0.3) is 82.4 Å². The first-order chi connectivity index (χ1) is 20.1. The molecular weight excluding hydrogens is 510 g/mol. The Kier molecular flexibility index (Phi) is 3.09. The summed E-state index contributed by atoms with van der Waals surface area (Å²) >= 11 is 0. The van der Waals surface area contributed by atoms with Gasteiger partial charge in [-0.15, -0.1) is 0 Å². The van der Waals surface area contributed by atoms with Gasteiger partial charge in [-0.3, -0.25) is 24.3 Å². The molecule has 0 spiro atoms. The van der Waals surface area contributed by atoms with Crippen molar-refractivity contribution in [3.05, 3.63) is 94.6 Å². The van der Waals surface area contributed by atoms with E-state index in [1.807, 2.05) is 48.5 Å². The summed E-state index contributed by atoms with van der Waals surface area (Å²) in [4.78, 5) is 45.5. The molecule has 188 valence electrons. The Bertz CT molecular complexity index is 2670. The van der Waals surface area contributed by atoms with Gasteiger partial charge >= 0.3 is 0 Å². The second kappa shape index (κ2) is 6.24. The third kappa shape index (κ3) is 2.09. The lowest BCUT2D eigenvalue weighted by Gasteiger charge is -2.25. The van der Waals surface area contributed by atoms with E-state index in [0.717, 1.165) is 76.2 Å². The summed E-state index contributed by atoms with van der Waals surface area (Å²) in [7, 11) is 0. The van der Waals surface area contributed by atoms with E-state index in [4.69, 9.17) is 4.98 Å². The van der Waals surface area contributed by atoms with Crippen molar-refractivity contribution < 1.29 is 14.4 Å². The molecule has 0 saturated carbocycles. The molecule has 1 aromatic heterocycles. The zero-order valence-corrected chi connectivity index (χ0v) is 21.3. The van der Waals surface area contributed by atoms with Gasteiger partial charge in [0.1, 0.15) is 5.82 Å². The molecule has 0 unspecified atom stereocenters. The second-order valence-corrected chi connectivity index (χ2v) is 11.5. The summed E-state index contributed by atoms with van der Waals surface area (Å²) < 4.78 is 1.78. The number of nitrogens with one attached hydrogen (secondary N) is 1. The molecular formula is C35H15N3O3. The molecule has 6 heteroatoms. The Morgan fingerprint density at radius 1 is 0.659 bits per heavy atom. The largest absolute Gasteiger partial charge is 0.288 e. The van der Waals surface area contributed by atoms with Crippen molar-refractivity contribution in [1.82, 2.24) is 14.9 Å². The smallest absolute Gasteiger partial charge is 0.260 e. The number of imidazole rings is 1. The van der Waals surface area contributed by atoms with E-state index in [9.17, 15) is 14.4 Å². The number of hydrogen-bond donors (Lipinski definition) is 1. The highest BCUT2D eigenvalue weighted by Crippen LogP contribution is 2.52. The summed E-state index contributed by atoms with van der Waals surface area (Å²) in [6.07, 6.45) is 2.54. The zero-order chi connectivity index (χ0) is 26.9. The molecule has 8 aromatic rings. The summed E-state index contributed by atoms with van der Waals surface area (Å²) in [6, 6.07) is 22.1. The van der Waals surface area contributed by atoms with Gasteiger partial charge in [0.25, 0.3) is 17.7 Å². The van der Waals surface area contributed by atoms with Crippen LogP contribution in [-0.2, 0) is 6.42 Å². The first-order valence-electron chi connectivity index (χ1n) is 13.6. The van der Waals surface area contributed by atoms with Gasteiger partial charge in [-0.05, 0) is 90.6 Å². The van der Waals surface area contributed by atoms with Gasteiger partial charge in [0.15, 0.2) is 0 Å². The van der Waals surface area contributed by atoms with Crippen LogP contribution in [0.15, 0.2) is 72.3 Å². The Hall–Kier alpha value is -5.62. The highest BCUT2D eigenvalue weighted by atomic mass is 16.2. The lowest BCUT2D eigenvalue weighted by atomic mass is 9.79. The van der Waals surface area contributed by atoms with E-state index >= 15 is 0 Å². The first kappa shape index (κ1) is 20.3. The highest BCUT2D eigenvalue weighted by molar-refractivity contribution is 6.45. The molecule has 3 heterocycles. The summed E-state index contributed by atoms with van der Waals surface area (Å²) in [6.45, 7) is 0. The van der Waals surface area contributed by atoms with E-state index in [0.29, 0.717) is 34.3 Å². The second-order valence-electron chi connectivity index (χ2n) is 11.5. The molecule has 2 aliphatic heterocycles. The number of nitrogens with zero attached hydrogens (tertiary/aromatic N) is 2. The SMILES string of the molecule is O=C1NC(=O)c2cc3ccc4cc5c6c7c8c(ccc9cc1c2c(c98)c3c47)C=C(C6)C(=O)n1c-5nc2ccccc21. The number of hydrogen-bond acceptors (Lipinski definition) is 4. The molecule has 1 N–H and O–H groups in total. The number of aromatic nitrogens is 2. The lowest BCUT2D eigenvalue weighted by Crippen LogP contribution is -2.34. The fourth-order valence-electron chi connectivity index (χ4n) is 7.98. The van der Waals surface area contributed by atoms with Crippen molar-refractivity contribution in [2.45, 2.75) is 6.42 Å². The number of carbonyl (C=O) groups excluding carboxylic acids is 3. The molecule has 6 nitrogen and oxygen atoms in total. The topological polar surface area (TPSA) is 81.1 Å². The maximum Gasteiger partial charge on any atom is 0.260 e. The summed E-state index contributed by atoms with van der Waals surface area (Å²) in [5.41, 5.74) is 6.39. The van der Waals surface area contributed by atoms with Crippen molar-refractivity contribution in [3.63, 3.8) is 0 Å². The van der Waals surface area contributed by atoms with Gasteiger partial charge in [0, 0.05) is 39.5 Å².